The van der Waals surface area contributed by atoms with Crippen LogP contribution in [0.25, 0.3) is 0 Å². The van der Waals surface area contributed by atoms with Crippen LogP contribution >= 0.6 is 23.2 Å². The molecule has 6 heteroatoms. The first kappa shape index (κ1) is 12.6. The van der Waals surface area contributed by atoms with E-state index in [1.165, 1.54) is 6.20 Å². The zero-order valence-electron chi connectivity index (χ0n) is 9.41. The van der Waals surface area contributed by atoms with Crippen LogP contribution in [0.1, 0.15) is 11.1 Å². The second-order valence-electron chi connectivity index (χ2n) is 3.57. The summed E-state index contributed by atoms with van der Waals surface area (Å²) in [6.07, 6.45) is 1.40. The van der Waals surface area contributed by atoms with Crippen LogP contribution in [0.5, 0.6) is 0 Å². The van der Waals surface area contributed by atoms with Gasteiger partial charge in [-0.15, -0.1) is 0 Å². The Labute approximate surface area is 114 Å². The zero-order chi connectivity index (χ0) is 13.1. The fourth-order valence-electron chi connectivity index (χ4n) is 1.48. The Kier molecular flexibility index (Phi) is 3.66. The van der Waals surface area contributed by atoms with E-state index in [4.69, 9.17) is 28.5 Å². The van der Waals surface area contributed by atoms with E-state index < -0.39 is 0 Å². The lowest BCUT2D eigenvalue weighted by Gasteiger charge is -2.10. The summed E-state index contributed by atoms with van der Waals surface area (Å²) in [5.41, 5.74) is 2.05. The van der Waals surface area contributed by atoms with Crippen LogP contribution in [0.15, 0.2) is 24.4 Å². The molecule has 0 aliphatic rings. The lowest BCUT2D eigenvalue weighted by molar-refractivity contribution is 1.17. The quantitative estimate of drug-likeness (QED) is 0.851. The van der Waals surface area contributed by atoms with Crippen molar-refractivity contribution in [3.63, 3.8) is 0 Å². The second-order valence-corrected chi connectivity index (χ2v) is 4.32. The molecule has 0 bridgehead atoms. The minimum absolute atomic E-state index is 0.0908. The van der Waals surface area contributed by atoms with E-state index in [1.54, 1.807) is 6.07 Å². The lowest BCUT2D eigenvalue weighted by Crippen LogP contribution is -1.99. The van der Waals surface area contributed by atoms with Gasteiger partial charge in [0.05, 0.1) is 17.4 Å². The summed E-state index contributed by atoms with van der Waals surface area (Å²) < 4.78 is 0. The summed E-state index contributed by atoms with van der Waals surface area (Å²) in [5, 5.41) is 12.5. The number of nitrogens with zero attached hydrogens (tertiary/aromatic N) is 3. The number of hydrogen-bond acceptors (Lipinski definition) is 4. The van der Waals surface area contributed by atoms with Crippen molar-refractivity contribution in [2.75, 3.05) is 5.32 Å². The third-order valence-electron chi connectivity index (χ3n) is 2.35. The maximum Gasteiger partial charge on any atom is 0.224 e. The van der Waals surface area contributed by atoms with Gasteiger partial charge in [-0.1, -0.05) is 23.7 Å². The summed E-state index contributed by atoms with van der Waals surface area (Å²) in [6, 6.07) is 7.61. The van der Waals surface area contributed by atoms with E-state index in [2.05, 4.69) is 21.4 Å². The van der Waals surface area contributed by atoms with Crippen molar-refractivity contribution in [3.05, 3.63) is 45.8 Å². The number of nitriles is 1. The second kappa shape index (κ2) is 5.21. The fraction of sp³-hybridized carbons (Fsp3) is 0.0833. The fourth-order valence-corrected chi connectivity index (χ4v) is 1.75. The summed E-state index contributed by atoms with van der Waals surface area (Å²) in [4.78, 5) is 7.73. The molecule has 0 saturated heterocycles. The standard InChI is InChI=1S/C12H8Cl2N4/c1-7-3-2-4-10(8(7)5-15)17-11-9(13)6-16-12(14)18-11/h2-4,6H,1H3,(H,16,17,18). The van der Waals surface area contributed by atoms with E-state index in [9.17, 15) is 0 Å². The Balaban J connectivity index is 2.44. The monoisotopic (exact) mass is 278 g/mol. The van der Waals surface area contributed by atoms with E-state index in [1.807, 2.05) is 19.1 Å². The van der Waals surface area contributed by atoms with E-state index in [-0.39, 0.29) is 5.28 Å². The van der Waals surface area contributed by atoms with Crippen molar-refractivity contribution in [1.29, 1.82) is 5.26 Å². The molecule has 0 unspecified atom stereocenters. The first-order valence-corrected chi connectivity index (χ1v) is 5.82. The number of anilines is 2. The summed E-state index contributed by atoms with van der Waals surface area (Å²) >= 11 is 11.7. The van der Waals surface area contributed by atoms with Gasteiger partial charge in [0.2, 0.25) is 5.28 Å². The van der Waals surface area contributed by atoms with Crippen LogP contribution in [-0.4, -0.2) is 9.97 Å². The molecule has 1 N–H and O–H groups in total. The first-order chi connectivity index (χ1) is 8.61. The van der Waals surface area contributed by atoms with Gasteiger partial charge in [-0.05, 0) is 30.2 Å². The van der Waals surface area contributed by atoms with Crippen LogP contribution < -0.4 is 5.32 Å². The van der Waals surface area contributed by atoms with Crippen molar-refractivity contribution in [3.8, 4) is 6.07 Å². The zero-order valence-corrected chi connectivity index (χ0v) is 10.9. The molecule has 0 fully saturated rings. The Morgan fingerprint density at radius 1 is 1.33 bits per heavy atom. The SMILES string of the molecule is Cc1cccc(Nc2nc(Cl)ncc2Cl)c1C#N. The number of hydrogen-bond donors (Lipinski definition) is 1. The van der Waals surface area contributed by atoms with Gasteiger partial charge in [0, 0.05) is 0 Å². The molecule has 0 aliphatic heterocycles. The topological polar surface area (TPSA) is 61.6 Å². The van der Waals surface area contributed by atoms with Gasteiger partial charge < -0.3 is 5.32 Å². The highest BCUT2D eigenvalue weighted by molar-refractivity contribution is 6.33. The van der Waals surface area contributed by atoms with Crippen molar-refractivity contribution >= 4 is 34.7 Å². The van der Waals surface area contributed by atoms with Crippen LogP contribution in [0.3, 0.4) is 0 Å². The molecule has 0 atom stereocenters. The highest BCUT2D eigenvalue weighted by atomic mass is 35.5. The Morgan fingerprint density at radius 2 is 2.11 bits per heavy atom. The lowest BCUT2D eigenvalue weighted by atomic mass is 10.1. The maximum atomic E-state index is 9.12. The smallest absolute Gasteiger partial charge is 0.224 e. The highest BCUT2D eigenvalue weighted by Gasteiger charge is 2.09. The number of rotatable bonds is 2. The Hall–Kier alpha value is -1.83. The Bertz CT molecular complexity index is 634. The third-order valence-corrected chi connectivity index (χ3v) is 2.81. The largest absolute Gasteiger partial charge is 0.338 e. The van der Waals surface area contributed by atoms with Crippen molar-refractivity contribution < 1.29 is 0 Å². The van der Waals surface area contributed by atoms with Gasteiger partial charge >= 0.3 is 0 Å². The molecule has 2 aromatic rings. The first-order valence-electron chi connectivity index (χ1n) is 5.06. The number of aryl methyl sites for hydroxylation is 1. The molecule has 0 amide bonds. The molecule has 2 rings (SSSR count). The molecule has 90 valence electrons. The summed E-state index contributed by atoms with van der Waals surface area (Å²) in [6.45, 7) is 1.86. The molecular weight excluding hydrogens is 271 g/mol. The molecule has 0 spiro atoms. The molecule has 1 aromatic carbocycles. The summed E-state index contributed by atoms with van der Waals surface area (Å²) in [7, 11) is 0. The normalized spacial score (nSPS) is 9.89. The van der Waals surface area contributed by atoms with Gasteiger partial charge in [-0.25, -0.2) is 4.98 Å². The molecule has 4 nitrogen and oxygen atoms in total. The predicted molar refractivity (Wildman–Crippen MR) is 71.2 cm³/mol. The number of nitrogens with one attached hydrogen (secondary N) is 1. The van der Waals surface area contributed by atoms with Gasteiger partial charge in [-0.3, -0.25) is 0 Å². The van der Waals surface area contributed by atoms with E-state index in [0.29, 0.717) is 22.1 Å². The van der Waals surface area contributed by atoms with Crippen molar-refractivity contribution in [2.45, 2.75) is 6.92 Å². The molecular formula is C12H8Cl2N4. The molecule has 1 heterocycles. The van der Waals surface area contributed by atoms with Gasteiger partial charge in [0.25, 0.3) is 0 Å². The number of benzene rings is 1. The number of aromatic nitrogens is 2. The van der Waals surface area contributed by atoms with Crippen LogP contribution in [0.2, 0.25) is 10.3 Å². The molecule has 0 radical (unpaired) electrons. The molecule has 0 saturated carbocycles. The minimum Gasteiger partial charge on any atom is -0.338 e. The predicted octanol–water partition coefficient (Wildman–Crippen LogP) is 3.71. The average Bonchev–Trinajstić information content (AvgIpc) is 2.34. The van der Waals surface area contributed by atoms with E-state index in [0.717, 1.165) is 5.56 Å². The van der Waals surface area contributed by atoms with Gasteiger partial charge in [-0.2, -0.15) is 10.2 Å². The summed E-state index contributed by atoms with van der Waals surface area (Å²) in [5.74, 6) is 0.374. The molecule has 18 heavy (non-hydrogen) atoms. The van der Waals surface area contributed by atoms with Crippen LogP contribution in [0.4, 0.5) is 11.5 Å². The molecule has 0 aliphatic carbocycles. The Morgan fingerprint density at radius 3 is 2.83 bits per heavy atom. The van der Waals surface area contributed by atoms with E-state index >= 15 is 0 Å². The average molecular weight is 279 g/mol. The molecule has 1 aromatic heterocycles. The van der Waals surface area contributed by atoms with Crippen molar-refractivity contribution in [1.82, 2.24) is 9.97 Å². The van der Waals surface area contributed by atoms with Crippen LogP contribution in [-0.2, 0) is 0 Å². The van der Waals surface area contributed by atoms with Gasteiger partial charge in [0.1, 0.15) is 11.1 Å². The van der Waals surface area contributed by atoms with Crippen LogP contribution in [0, 0.1) is 18.3 Å². The van der Waals surface area contributed by atoms with Crippen molar-refractivity contribution in [2.24, 2.45) is 0 Å². The number of halogens is 2. The third kappa shape index (κ3) is 2.53. The van der Waals surface area contributed by atoms with Gasteiger partial charge in [0.15, 0.2) is 5.82 Å². The minimum atomic E-state index is 0.0908. The maximum absolute atomic E-state index is 9.12. The highest BCUT2D eigenvalue weighted by Crippen LogP contribution is 2.26.